The van der Waals surface area contributed by atoms with E-state index in [0.717, 1.165) is 16.6 Å². The number of fused-ring (bicyclic) bond motifs is 1. The van der Waals surface area contributed by atoms with Crippen molar-refractivity contribution < 1.29 is 0 Å². The summed E-state index contributed by atoms with van der Waals surface area (Å²) in [5.41, 5.74) is 2.08. The first-order valence-corrected chi connectivity index (χ1v) is 10.0. The minimum absolute atomic E-state index is 0.354. The molecule has 0 fully saturated rings. The number of nitrogens with zero attached hydrogens (tertiary/aromatic N) is 4. The number of hydrogen-bond acceptors (Lipinski definition) is 4. The Hall–Kier alpha value is -3.32. The highest BCUT2D eigenvalue weighted by molar-refractivity contribution is 6.30. The fourth-order valence-electron chi connectivity index (χ4n) is 3.52. The Morgan fingerprint density at radius 1 is 0.967 bits per heavy atom. The normalized spacial score (nSPS) is 11.2. The molecule has 0 aliphatic heterocycles. The number of hydrogen-bond donors (Lipinski definition) is 1. The molecule has 4 aromatic rings. The van der Waals surface area contributed by atoms with Crippen LogP contribution >= 0.6 is 11.6 Å². The predicted octanol–water partition coefficient (Wildman–Crippen LogP) is 2.79. The van der Waals surface area contributed by atoms with E-state index < -0.39 is 5.69 Å². The third-order valence-electron chi connectivity index (χ3n) is 5.12. The van der Waals surface area contributed by atoms with Crippen molar-refractivity contribution in [3.63, 3.8) is 0 Å². The zero-order valence-electron chi connectivity index (χ0n) is 16.8. The Balaban J connectivity index is 1.77. The van der Waals surface area contributed by atoms with Crippen LogP contribution in [0.25, 0.3) is 11.2 Å². The van der Waals surface area contributed by atoms with E-state index >= 15 is 0 Å². The summed E-state index contributed by atoms with van der Waals surface area (Å²) < 4.78 is 4.31. The van der Waals surface area contributed by atoms with Crippen LogP contribution in [0.4, 0.5) is 5.95 Å². The summed E-state index contributed by atoms with van der Waals surface area (Å²) in [5, 5.41) is 3.96. The number of halogens is 1. The zero-order valence-corrected chi connectivity index (χ0v) is 17.6. The van der Waals surface area contributed by atoms with E-state index in [0.29, 0.717) is 35.2 Å². The number of anilines is 1. The highest BCUT2D eigenvalue weighted by Gasteiger charge is 2.19. The monoisotopic (exact) mass is 423 g/mol. The van der Waals surface area contributed by atoms with Crippen LogP contribution in [-0.4, -0.2) is 25.2 Å². The van der Waals surface area contributed by atoms with Crippen LogP contribution in [0.1, 0.15) is 11.1 Å². The van der Waals surface area contributed by atoms with Crippen LogP contribution in [-0.2, 0) is 27.1 Å². The van der Waals surface area contributed by atoms with Gasteiger partial charge in [0.1, 0.15) is 0 Å². The summed E-state index contributed by atoms with van der Waals surface area (Å²) >= 11 is 6.15. The Labute approximate surface area is 178 Å². The SMILES string of the molecule is Cn1c(=O)c2c(nc(NCCc3ccccc3)n2Cc2cccc(Cl)c2)n(C)c1=O. The second kappa shape index (κ2) is 8.20. The summed E-state index contributed by atoms with van der Waals surface area (Å²) in [7, 11) is 3.10. The lowest BCUT2D eigenvalue weighted by Crippen LogP contribution is -2.37. The van der Waals surface area contributed by atoms with E-state index in [1.807, 2.05) is 41.0 Å². The van der Waals surface area contributed by atoms with Gasteiger partial charge in [-0.3, -0.25) is 18.5 Å². The summed E-state index contributed by atoms with van der Waals surface area (Å²) in [4.78, 5) is 29.9. The summed E-state index contributed by atoms with van der Waals surface area (Å²) in [6.45, 7) is 1.04. The maximum atomic E-state index is 12.9. The van der Waals surface area contributed by atoms with Gasteiger partial charge in [-0.1, -0.05) is 54.1 Å². The number of imidazole rings is 1. The smallest absolute Gasteiger partial charge is 0.332 e. The van der Waals surface area contributed by atoms with E-state index in [9.17, 15) is 9.59 Å². The van der Waals surface area contributed by atoms with Gasteiger partial charge in [0.25, 0.3) is 5.56 Å². The minimum atomic E-state index is -0.407. The van der Waals surface area contributed by atoms with E-state index in [1.165, 1.54) is 17.2 Å². The minimum Gasteiger partial charge on any atom is -0.355 e. The first-order chi connectivity index (χ1) is 14.5. The van der Waals surface area contributed by atoms with Crippen molar-refractivity contribution in [3.05, 3.63) is 91.6 Å². The van der Waals surface area contributed by atoms with Gasteiger partial charge in [-0.2, -0.15) is 4.98 Å². The average Bonchev–Trinajstić information content (AvgIpc) is 3.10. The van der Waals surface area contributed by atoms with Crippen molar-refractivity contribution >= 4 is 28.7 Å². The van der Waals surface area contributed by atoms with Gasteiger partial charge in [0.05, 0.1) is 6.54 Å². The molecule has 0 aliphatic rings. The number of rotatable bonds is 6. The van der Waals surface area contributed by atoms with Gasteiger partial charge in [-0.25, -0.2) is 4.79 Å². The molecule has 1 N–H and O–H groups in total. The maximum absolute atomic E-state index is 12.9. The molecule has 2 aromatic carbocycles. The number of aryl methyl sites for hydroxylation is 1. The lowest BCUT2D eigenvalue weighted by atomic mass is 10.1. The third kappa shape index (κ3) is 3.76. The molecule has 8 heteroatoms. The predicted molar refractivity (Wildman–Crippen MR) is 119 cm³/mol. The second-order valence-corrected chi connectivity index (χ2v) is 7.63. The molecular formula is C22H22ClN5O2. The molecule has 0 aliphatic carbocycles. The molecule has 0 amide bonds. The van der Waals surface area contributed by atoms with Crippen LogP contribution in [0.2, 0.25) is 5.02 Å². The van der Waals surface area contributed by atoms with E-state index in [-0.39, 0.29) is 5.56 Å². The van der Waals surface area contributed by atoms with Gasteiger partial charge in [-0.05, 0) is 29.7 Å². The second-order valence-electron chi connectivity index (χ2n) is 7.19. The zero-order chi connectivity index (χ0) is 21.3. The van der Waals surface area contributed by atoms with Crippen LogP contribution in [0.5, 0.6) is 0 Å². The van der Waals surface area contributed by atoms with Crippen molar-refractivity contribution in [2.24, 2.45) is 14.1 Å². The summed E-state index contributed by atoms with van der Waals surface area (Å²) in [6, 6.07) is 17.6. The van der Waals surface area contributed by atoms with Gasteiger partial charge in [0, 0.05) is 25.7 Å². The Bertz CT molecular complexity index is 1320. The standard InChI is InChI=1S/C22H22ClN5O2/c1-26-19-18(20(29)27(2)22(26)30)28(14-16-9-6-10-17(23)13-16)21(25-19)24-12-11-15-7-4-3-5-8-15/h3-10,13H,11-12,14H2,1-2H3,(H,24,25). The molecule has 7 nitrogen and oxygen atoms in total. The molecule has 154 valence electrons. The third-order valence-corrected chi connectivity index (χ3v) is 5.35. The molecular weight excluding hydrogens is 402 g/mol. The topological polar surface area (TPSA) is 73.8 Å². The molecule has 2 heterocycles. The fraction of sp³-hybridized carbons (Fsp3) is 0.227. The molecule has 0 unspecified atom stereocenters. The first-order valence-electron chi connectivity index (χ1n) is 9.64. The quantitative estimate of drug-likeness (QED) is 0.517. The molecule has 0 saturated heterocycles. The molecule has 4 rings (SSSR count). The van der Waals surface area contributed by atoms with Gasteiger partial charge in [0.15, 0.2) is 11.2 Å². The molecule has 0 atom stereocenters. The number of benzene rings is 2. The lowest BCUT2D eigenvalue weighted by Gasteiger charge is -2.11. The summed E-state index contributed by atoms with van der Waals surface area (Å²) in [6.07, 6.45) is 0.804. The first kappa shape index (κ1) is 20.0. The van der Waals surface area contributed by atoms with Crippen molar-refractivity contribution in [2.75, 3.05) is 11.9 Å². The van der Waals surface area contributed by atoms with Gasteiger partial charge >= 0.3 is 5.69 Å². The van der Waals surface area contributed by atoms with Crippen molar-refractivity contribution in [3.8, 4) is 0 Å². The average molecular weight is 424 g/mol. The number of aromatic nitrogens is 4. The van der Waals surface area contributed by atoms with E-state index in [4.69, 9.17) is 11.6 Å². The maximum Gasteiger partial charge on any atom is 0.332 e. The number of nitrogens with one attached hydrogen (secondary N) is 1. The van der Waals surface area contributed by atoms with E-state index in [1.54, 1.807) is 13.1 Å². The Morgan fingerprint density at radius 2 is 1.70 bits per heavy atom. The largest absolute Gasteiger partial charge is 0.355 e. The highest BCUT2D eigenvalue weighted by atomic mass is 35.5. The van der Waals surface area contributed by atoms with Gasteiger partial charge in [-0.15, -0.1) is 0 Å². The molecule has 0 saturated carbocycles. The van der Waals surface area contributed by atoms with Crippen molar-refractivity contribution in [2.45, 2.75) is 13.0 Å². The van der Waals surface area contributed by atoms with Crippen LogP contribution in [0.3, 0.4) is 0 Å². The van der Waals surface area contributed by atoms with Crippen LogP contribution < -0.4 is 16.6 Å². The Morgan fingerprint density at radius 3 is 2.43 bits per heavy atom. The van der Waals surface area contributed by atoms with Crippen LogP contribution in [0.15, 0.2) is 64.2 Å². The van der Waals surface area contributed by atoms with Crippen molar-refractivity contribution in [1.29, 1.82) is 0 Å². The molecule has 0 radical (unpaired) electrons. The summed E-state index contributed by atoms with van der Waals surface area (Å²) in [5.74, 6) is 0.541. The van der Waals surface area contributed by atoms with Gasteiger partial charge < -0.3 is 5.32 Å². The van der Waals surface area contributed by atoms with Crippen LogP contribution in [0, 0.1) is 0 Å². The Kier molecular flexibility index (Phi) is 5.46. The molecule has 2 aromatic heterocycles. The molecule has 0 spiro atoms. The lowest BCUT2D eigenvalue weighted by molar-refractivity contribution is 0.702. The van der Waals surface area contributed by atoms with Crippen molar-refractivity contribution in [1.82, 2.24) is 18.7 Å². The fourth-order valence-corrected chi connectivity index (χ4v) is 3.73. The van der Waals surface area contributed by atoms with Gasteiger partial charge in [0.2, 0.25) is 5.95 Å². The highest BCUT2D eigenvalue weighted by Crippen LogP contribution is 2.19. The van der Waals surface area contributed by atoms with E-state index in [2.05, 4.69) is 22.4 Å². The molecule has 0 bridgehead atoms. The molecule has 30 heavy (non-hydrogen) atoms.